The van der Waals surface area contributed by atoms with Crippen molar-refractivity contribution < 1.29 is 14.3 Å². The summed E-state index contributed by atoms with van der Waals surface area (Å²) in [5, 5.41) is 2.98. The van der Waals surface area contributed by atoms with Crippen LogP contribution in [0.25, 0.3) is 0 Å². The van der Waals surface area contributed by atoms with Gasteiger partial charge in [0.25, 0.3) is 5.91 Å². The van der Waals surface area contributed by atoms with Crippen LogP contribution < -0.4 is 10.1 Å². The van der Waals surface area contributed by atoms with Crippen molar-refractivity contribution in [1.82, 2.24) is 10.2 Å². The molecule has 2 rings (SSSR count). The highest BCUT2D eigenvalue weighted by molar-refractivity contribution is 5.88. The molecule has 0 aromatic heterocycles. The molecule has 0 aliphatic carbocycles. The summed E-state index contributed by atoms with van der Waals surface area (Å²) in [4.78, 5) is 27.8. The summed E-state index contributed by atoms with van der Waals surface area (Å²) in [6.45, 7) is 12.9. The Labute approximate surface area is 186 Å². The minimum atomic E-state index is -0.546. The zero-order valence-electron chi connectivity index (χ0n) is 19.7. The Hall–Kier alpha value is -2.82. The normalized spacial score (nSPS) is 11.8. The number of hydrogen-bond acceptors (Lipinski definition) is 3. The Morgan fingerprint density at radius 3 is 2.23 bits per heavy atom. The van der Waals surface area contributed by atoms with Gasteiger partial charge in [-0.15, -0.1) is 0 Å². The molecule has 5 heteroatoms. The van der Waals surface area contributed by atoms with Crippen LogP contribution in [0.1, 0.15) is 49.4 Å². The average Bonchev–Trinajstić information content (AvgIpc) is 2.72. The van der Waals surface area contributed by atoms with Crippen molar-refractivity contribution in [3.05, 3.63) is 64.7 Å². The van der Waals surface area contributed by atoms with Gasteiger partial charge in [0.15, 0.2) is 6.61 Å². The van der Waals surface area contributed by atoms with Crippen molar-refractivity contribution in [2.45, 2.75) is 60.5 Å². The van der Waals surface area contributed by atoms with E-state index in [-0.39, 0.29) is 18.4 Å². The first kappa shape index (κ1) is 24.4. The van der Waals surface area contributed by atoms with Gasteiger partial charge in [0, 0.05) is 13.1 Å². The molecule has 0 saturated heterocycles. The smallest absolute Gasteiger partial charge is 0.261 e. The van der Waals surface area contributed by atoms with Crippen LogP contribution >= 0.6 is 0 Å². The van der Waals surface area contributed by atoms with Gasteiger partial charge in [0.1, 0.15) is 11.8 Å². The van der Waals surface area contributed by atoms with E-state index in [1.54, 1.807) is 4.90 Å². The Bertz CT molecular complexity index is 875. The highest BCUT2D eigenvalue weighted by atomic mass is 16.5. The van der Waals surface area contributed by atoms with E-state index >= 15 is 0 Å². The second kappa shape index (κ2) is 11.5. The lowest BCUT2D eigenvalue weighted by molar-refractivity contribution is -0.143. The van der Waals surface area contributed by atoms with Crippen LogP contribution in [-0.2, 0) is 16.1 Å². The molecular formula is C26H36N2O3. The minimum Gasteiger partial charge on any atom is -0.483 e. The van der Waals surface area contributed by atoms with Crippen molar-refractivity contribution in [2.75, 3.05) is 13.2 Å². The summed E-state index contributed by atoms with van der Waals surface area (Å²) >= 11 is 0. The first-order valence-corrected chi connectivity index (χ1v) is 11.0. The number of rotatable bonds is 10. The first-order valence-electron chi connectivity index (χ1n) is 11.0. The number of ether oxygens (including phenoxy) is 1. The lowest BCUT2D eigenvalue weighted by Gasteiger charge is -2.31. The second-order valence-corrected chi connectivity index (χ2v) is 8.63. The monoisotopic (exact) mass is 424 g/mol. The Morgan fingerprint density at radius 2 is 1.65 bits per heavy atom. The van der Waals surface area contributed by atoms with Crippen LogP contribution in [0.3, 0.4) is 0 Å². The first-order chi connectivity index (χ1) is 14.7. The Morgan fingerprint density at radius 1 is 1.00 bits per heavy atom. The summed E-state index contributed by atoms with van der Waals surface area (Å²) < 4.78 is 5.84. The Balaban J connectivity index is 2.20. The van der Waals surface area contributed by atoms with Gasteiger partial charge in [-0.1, -0.05) is 68.3 Å². The molecule has 0 spiro atoms. The van der Waals surface area contributed by atoms with E-state index < -0.39 is 6.04 Å². The summed E-state index contributed by atoms with van der Waals surface area (Å²) in [5.74, 6) is 0.706. The zero-order valence-corrected chi connectivity index (χ0v) is 19.7. The summed E-state index contributed by atoms with van der Waals surface area (Å²) in [7, 11) is 0. The average molecular weight is 425 g/mol. The van der Waals surface area contributed by atoms with Crippen molar-refractivity contribution in [3.8, 4) is 5.75 Å². The van der Waals surface area contributed by atoms with Crippen LogP contribution in [0.15, 0.2) is 42.5 Å². The number of nitrogens with zero attached hydrogens (tertiary/aromatic N) is 1. The molecular weight excluding hydrogens is 388 g/mol. The number of aryl methyl sites for hydroxylation is 3. The van der Waals surface area contributed by atoms with Gasteiger partial charge < -0.3 is 15.0 Å². The number of hydrogen-bond donors (Lipinski definition) is 1. The minimum absolute atomic E-state index is 0.107. The van der Waals surface area contributed by atoms with Gasteiger partial charge in [-0.05, 0) is 50.3 Å². The van der Waals surface area contributed by atoms with Gasteiger partial charge in [0.2, 0.25) is 5.91 Å². The zero-order chi connectivity index (χ0) is 23.0. The number of amides is 2. The highest BCUT2D eigenvalue weighted by Crippen LogP contribution is 2.20. The molecule has 0 bridgehead atoms. The number of nitrogens with one attached hydrogen (secondary N) is 1. The molecule has 168 valence electrons. The third-order valence-electron chi connectivity index (χ3n) is 5.23. The van der Waals surface area contributed by atoms with E-state index in [0.29, 0.717) is 31.2 Å². The molecule has 0 heterocycles. The number of carbonyl (C=O) groups is 2. The van der Waals surface area contributed by atoms with E-state index in [1.165, 1.54) is 0 Å². The second-order valence-electron chi connectivity index (χ2n) is 8.63. The van der Waals surface area contributed by atoms with Gasteiger partial charge in [-0.2, -0.15) is 0 Å². The molecule has 0 aliphatic heterocycles. The topological polar surface area (TPSA) is 58.6 Å². The van der Waals surface area contributed by atoms with Crippen molar-refractivity contribution in [1.29, 1.82) is 0 Å². The number of carbonyl (C=O) groups excluding carboxylic acids is 2. The van der Waals surface area contributed by atoms with Crippen molar-refractivity contribution >= 4 is 11.8 Å². The van der Waals surface area contributed by atoms with E-state index in [9.17, 15) is 9.59 Å². The van der Waals surface area contributed by atoms with E-state index in [1.807, 2.05) is 84.0 Å². The highest BCUT2D eigenvalue weighted by Gasteiger charge is 2.29. The molecule has 2 amide bonds. The predicted molar refractivity (Wildman–Crippen MR) is 125 cm³/mol. The van der Waals surface area contributed by atoms with Gasteiger partial charge in [0.05, 0.1) is 0 Å². The molecule has 5 nitrogen and oxygen atoms in total. The third kappa shape index (κ3) is 7.42. The van der Waals surface area contributed by atoms with E-state index in [0.717, 1.165) is 22.3 Å². The maximum absolute atomic E-state index is 13.2. The number of benzene rings is 2. The molecule has 0 unspecified atom stereocenters. The fraction of sp³-hybridized carbons (Fsp3) is 0.462. The standard InChI is InChI=1S/C26H36N2O3/c1-7-23(26(30)27-15-18(2)3)28(16-22-11-8-19(4)9-12-22)25(29)17-31-24-13-10-20(5)14-21(24)6/h8-14,18,23H,7,15-17H2,1-6H3,(H,27,30)/t23-/m0/s1. The summed E-state index contributed by atoms with van der Waals surface area (Å²) in [6, 6.07) is 13.4. The maximum atomic E-state index is 13.2. The van der Waals surface area contributed by atoms with Crippen LogP contribution in [0.2, 0.25) is 0 Å². The quantitative estimate of drug-likeness (QED) is 0.608. The van der Waals surface area contributed by atoms with Crippen molar-refractivity contribution in [2.24, 2.45) is 5.92 Å². The molecule has 0 fully saturated rings. The van der Waals surface area contributed by atoms with Crippen LogP contribution in [0, 0.1) is 26.7 Å². The SMILES string of the molecule is CC[C@@H](C(=O)NCC(C)C)N(Cc1ccc(C)cc1)C(=O)COc1ccc(C)cc1C. The van der Waals surface area contributed by atoms with Gasteiger partial charge >= 0.3 is 0 Å². The Kier molecular flexibility index (Phi) is 9.10. The van der Waals surface area contributed by atoms with Gasteiger partial charge in [-0.25, -0.2) is 0 Å². The molecule has 0 radical (unpaired) electrons. The molecule has 0 saturated carbocycles. The van der Waals surface area contributed by atoms with E-state index in [2.05, 4.69) is 5.32 Å². The maximum Gasteiger partial charge on any atom is 0.261 e. The lowest BCUT2D eigenvalue weighted by Crippen LogP contribution is -2.50. The molecule has 2 aromatic rings. The largest absolute Gasteiger partial charge is 0.483 e. The molecule has 1 N–H and O–H groups in total. The van der Waals surface area contributed by atoms with Gasteiger partial charge in [-0.3, -0.25) is 9.59 Å². The fourth-order valence-electron chi connectivity index (χ4n) is 3.42. The summed E-state index contributed by atoms with van der Waals surface area (Å²) in [5.41, 5.74) is 4.27. The van der Waals surface area contributed by atoms with Crippen LogP contribution in [-0.4, -0.2) is 35.9 Å². The predicted octanol–water partition coefficient (Wildman–Crippen LogP) is 4.57. The van der Waals surface area contributed by atoms with E-state index in [4.69, 9.17) is 4.74 Å². The lowest BCUT2D eigenvalue weighted by atomic mass is 10.1. The third-order valence-corrected chi connectivity index (χ3v) is 5.23. The molecule has 1 atom stereocenters. The molecule has 0 aliphatic rings. The fourth-order valence-corrected chi connectivity index (χ4v) is 3.42. The van der Waals surface area contributed by atoms with Crippen LogP contribution in [0.4, 0.5) is 0 Å². The molecule has 31 heavy (non-hydrogen) atoms. The van der Waals surface area contributed by atoms with Crippen LogP contribution in [0.5, 0.6) is 5.75 Å². The summed E-state index contributed by atoms with van der Waals surface area (Å²) in [6.07, 6.45) is 0.533. The molecule has 2 aromatic carbocycles. The van der Waals surface area contributed by atoms with Crippen molar-refractivity contribution in [3.63, 3.8) is 0 Å².